The lowest BCUT2D eigenvalue weighted by Gasteiger charge is -2.18. The monoisotopic (exact) mass is 407 g/mol. The molecule has 2 aliphatic heterocycles. The number of carbonyl (C=O) groups is 3. The largest absolute Gasteiger partial charge is 0.298 e. The summed E-state index contributed by atoms with van der Waals surface area (Å²) in [5.41, 5.74) is 1.55. The molecule has 144 valence electrons. The zero-order valence-electron chi connectivity index (χ0n) is 14.9. The number of benzene rings is 2. The van der Waals surface area contributed by atoms with Crippen molar-refractivity contribution in [2.24, 2.45) is 10.1 Å². The molecule has 4 rings (SSSR count). The second-order valence-corrected chi connectivity index (χ2v) is 6.66. The quantitative estimate of drug-likeness (QED) is 0.599. The van der Waals surface area contributed by atoms with Crippen LogP contribution in [0.25, 0.3) is 6.08 Å². The summed E-state index contributed by atoms with van der Waals surface area (Å²) in [5.74, 6) is -1.36. The van der Waals surface area contributed by atoms with Crippen molar-refractivity contribution in [1.29, 1.82) is 0 Å². The van der Waals surface area contributed by atoms with Crippen LogP contribution in [0.3, 0.4) is 0 Å². The lowest BCUT2D eigenvalue weighted by Crippen LogP contribution is -2.52. The molecule has 29 heavy (non-hydrogen) atoms. The summed E-state index contributed by atoms with van der Waals surface area (Å²) in [4.78, 5) is 40.6. The Hall–Kier alpha value is -3.78. The number of carbonyl (C=O) groups excluding carboxylic acids is 3. The summed E-state index contributed by atoms with van der Waals surface area (Å²) in [6.45, 7) is 0. The minimum absolute atomic E-state index is 0.129. The minimum Gasteiger partial charge on any atom is -0.294 e. The molecular formula is C20H14ClN5O3. The molecule has 9 heteroatoms. The molecule has 3 amide bonds. The Bertz CT molecular complexity index is 1070. The summed E-state index contributed by atoms with van der Waals surface area (Å²) in [6, 6.07) is 15.9. The fourth-order valence-corrected chi connectivity index (χ4v) is 2.90. The van der Waals surface area contributed by atoms with Crippen molar-refractivity contribution in [3.05, 3.63) is 76.4 Å². The molecule has 0 aliphatic carbocycles. The standard InChI is InChI=1S/C20H14ClN5O3/c21-14-8-6-12(7-9-14)10-15-19(29)26(18(22-15)13-4-2-1-3-5-13)25-20-23-16(27)11-17(28)24-20/h1-10H,11H2,(H2,23,24,25,27,28)/b15-10+. The van der Waals surface area contributed by atoms with Crippen molar-refractivity contribution in [2.45, 2.75) is 6.42 Å². The average Bonchev–Trinajstić information content (AvgIpc) is 2.99. The van der Waals surface area contributed by atoms with Gasteiger partial charge in [0.25, 0.3) is 5.91 Å². The highest BCUT2D eigenvalue weighted by molar-refractivity contribution is 6.30. The summed E-state index contributed by atoms with van der Waals surface area (Å²) in [6.07, 6.45) is 1.31. The zero-order chi connectivity index (χ0) is 20.4. The molecule has 0 aromatic heterocycles. The van der Waals surface area contributed by atoms with E-state index in [9.17, 15) is 14.4 Å². The van der Waals surface area contributed by atoms with Crippen LogP contribution in [0.1, 0.15) is 17.5 Å². The van der Waals surface area contributed by atoms with Crippen molar-refractivity contribution >= 4 is 47.2 Å². The maximum Gasteiger partial charge on any atom is 0.298 e. The van der Waals surface area contributed by atoms with E-state index in [-0.39, 0.29) is 23.9 Å². The highest BCUT2D eigenvalue weighted by Crippen LogP contribution is 2.23. The van der Waals surface area contributed by atoms with Crippen LogP contribution in [0.5, 0.6) is 0 Å². The van der Waals surface area contributed by atoms with Gasteiger partial charge in [0.1, 0.15) is 12.1 Å². The third-order valence-corrected chi connectivity index (χ3v) is 4.33. The number of amidine groups is 1. The van der Waals surface area contributed by atoms with E-state index in [0.29, 0.717) is 10.6 Å². The lowest BCUT2D eigenvalue weighted by atomic mass is 10.2. The van der Waals surface area contributed by atoms with E-state index in [4.69, 9.17) is 11.6 Å². The topological polar surface area (TPSA) is 103 Å². The molecule has 1 fully saturated rings. The first-order valence-corrected chi connectivity index (χ1v) is 9.01. The number of halogens is 1. The van der Waals surface area contributed by atoms with E-state index in [1.807, 2.05) is 6.07 Å². The Kier molecular flexibility index (Phi) is 4.92. The molecule has 1 saturated heterocycles. The number of hydrogen-bond acceptors (Lipinski definition) is 5. The first kappa shape index (κ1) is 18.6. The molecule has 0 spiro atoms. The van der Waals surface area contributed by atoms with E-state index in [1.165, 1.54) is 0 Å². The number of amides is 3. The molecule has 2 aromatic rings. The average molecular weight is 408 g/mol. The Morgan fingerprint density at radius 1 is 0.966 bits per heavy atom. The first-order chi connectivity index (χ1) is 14.0. The molecule has 2 N–H and O–H groups in total. The molecule has 0 unspecified atom stereocenters. The second-order valence-electron chi connectivity index (χ2n) is 6.22. The van der Waals surface area contributed by atoms with Gasteiger partial charge >= 0.3 is 0 Å². The van der Waals surface area contributed by atoms with Crippen LogP contribution >= 0.6 is 11.6 Å². The SMILES string of the molecule is O=C1CC(=O)NC(=NN2C(=O)/C(=C\c3ccc(Cl)cc3)N=C2c2ccccc2)N1. The van der Waals surface area contributed by atoms with Crippen molar-refractivity contribution in [2.75, 3.05) is 0 Å². The van der Waals surface area contributed by atoms with Gasteiger partial charge in [-0.2, -0.15) is 5.01 Å². The predicted octanol–water partition coefficient (Wildman–Crippen LogP) is 1.88. The number of aliphatic imine (C=N–C) groups is 1. The third kappa shape index (κ3) is 4.07. The molecule has 0 atom stereocenters. The smallest absolute Gasteiger partial charge is 0.294 e. The predicted molar refractivity (Wildman–Crippen MR) is 108 cm³/mol. The van der Waals surface area contributed by atoms with Gasteiger partial charge in [0, 0.05) is 10.6 Å². The second kappa shape index (κ2) is 7.69. The number of rotatable bonds is 3. The van der Waals surface area contributed by atoms with Crippen LogP contribution < -0.4 is 10.6 Å². The van der Waals surface area contributed by atoms with E-state index in [1.54, 1.807) is 54.6 Å². The molecule has 2 aliphatic rings. The minimum atomic E-state index is -0.505. The molecule has 2 aromatic carbocycles. The van der Waals surface area contributed by atoms with Gasteiger partial charge in [0.15, 0.2) is 5.84 Å². The van der Waals surface area contributed by atoms with Gasteiger partial charge in [0.05, 0.1) is 0 Å². The Morgan fingerprint density at radius 2 is 1.62 bits per heavy atom. The van der Waals surface area contributed by atoms with E-state index in [2.05, 4.69) is 20.7 Å². The maximum atomic E-state index is 13.0. The zero-order valence-corrected chi connectivity index (χ0v) is 15.7. The first-order valence-electron chi connectivity index (χ1n) is 8.64. The van der Waals surface area contributed by atoms with Crippen LogP contribution in [0.4, 0.5) is 0 Å². The molecular weight excluding hydrogens is 394 g/mol. The number of nitrogens with zero attached hydrogens (tertiary/aromatic N) is 3. The third-order valence-electron chi connectivity index (χ3n) is 4.08. The number of hydrogen-bond donors (Lipinski definition) is 2. The molecule has 0 radical (unpaired) electrons. The fourth-order valence-electron chi connectivity index (χ4n) is 2.77. The van der Waals surface area contributed by atoms with Gasteiger partial charge < -0.3 is 0 Å². The van der Waals surface area contributed by atoms with E-state index in [0.717, 1.165) is 10.6 Å². The fraction of sp³-hybridized carbons (Fsp3) is 0.0500. The Morgan fingerprint density at radius 3 is 2.28 bits per heavy atom. The highest BCUT2D eigenvalue weighted by Gasteiger charge is 2.33. The summed E-state index contributed by atoms with van der Waals surface area (Å²) < 4.78 is 0. The summed E-state index contributed by atoms with van der Waals surface area (Å²) in [5, 5.41) is 10.6. The maximum absolute atomic E-state index is 13.0. The molecule has 0 bridgehead atoms. The Labute approximate surface area is 170 Å². The van der Waals surface area contributed by atoms with Crippen molar-refractivity contribution in [3.8, 4) is 0 Å². The van der Waals surface area contributed by atoms with Crippen molar-refractivity contribution < 1.29 is 14.4 Å². The van der Waals surface area contributed by atoms with Gasteiger partial charge in [-0.1, -0.05) is 54.1 Å². The van der Waals surface area contributed by atoms with Crippen LogP contribution in [-0.4, -0.2) is 34.5 Å². The van der Waals surface area contributed by atoms with Gasteiger partial charge in [-0.25, -0.2) is 4.99 Å². The normalized spacial score (nSPS) is 17.9. The highest BCUT2D eigenvalue weighted by atomic mass is 35.5. The number of nitrogens with one attached hydrogen (secondary N) is 2. The van der Waals surface area contributed by atoms with Gasteiger partial charge in [-0.05, 0) is 23.8 Å². The van der Waals surface area contributed by atoms with Gasteiger partial charge in [-0.3, -0.25) is 25.0 Å². The molecule has 0 saturated carbocycles. The van der Waals surface area contributed by atoms with Gasteiger partial charge in [-0.15, -0.1) is 5.10 Å². The summed E-state index contributed by atoms with van der Waals surface area (Å²) in [7, 11) is 0. The van der Waals surface area contributed by atoms with E-state index < -0.39 is 17.7 Å². The Balaban J connectivity index is 1.74. The van der Waals surface area contributed by atoms with Gasteiger partial charge in [0.2, 0.25) is 17.8 Å². The van der Waals surface area contributed by atoms with Crippen LogP contribution in [0, 0.1) is 0 Å². The van der Waals surface area contributed by atoms with Crippen LogP contribution in [-0.2, 0) is 14.4 Å². The van der Waals surface area contributed by atoms with E-state index >= 15 is 0 Å². The number of guanidine groups is 1. The number of hydrazone groups is 1. The molecule has 8 nitrogen and oxygen atoms in total. The molecule has 2 heterocycles. The van der Waals surface area contributed by atoms with Crippen molar-refractivity contribution in [1.82, 2.24) is 15.6 Å². The van der Waals surface area contributed by atoms with Crippen molar-refractivity contribution in [3.63, 3.8) is 0 Å². The lowest BCUT2D eigenvalue weighted by molar-refractivity contribution is -0.129. The summed E-state index contributed by atoms with van der Waals surface area (Å²) >= 11 is 5.91. The van der Waals surface area contributed by atoms with Crippen LogP contribution in [0.15, 0.2) is 70.4 Å². The van der Waals surface area contributed by atoms with Crippen LogP contribution in [0.2, 0.25) is 5.02 Å².